The zero-order valence-electron chi connectivity index (χ0n) is 18.0. The molecule has 9 heteroatoms. The summed E-state index contributed by atoms with van der Waals surface area (Å²) in [7, 11) is 1.35. The summed E-state index contributed by atoms with van der Waals surface area (Å²) in [4.78, 5) is 37.5. The number of methoxy groups -OCH3 is 1. The second kappa shape index (κ2) is 11.6. The van der Waals surface area contributed by atoms with Gasteiger partial charge in [0.15, 0.2) is 5.16 Å². The van der Waals surface area contributed by atoms with E-state index in [1.54, 1.807) is 11.8 Å². The fraction of sp³-hybridized carbons (Fsp3) is 0.714. The number of hydrogen-bond donors (Lipinski definition) is 0. The summed E-state index contributed by atoms with van der Waals surface area (Å²) in [5.41, 5.74) is 2.12. The second-order valence-corrected chi connectivity index (χ2v) is 8.84. The van der Waals surface area contributed by atoms with Crippen molar-refractivity contribution in [3.63, 3.8) is 0 Å². The molecule has 0 radical (unpaired) electrons. The van der Waals surface area contributed by atoms with Crippen LogP contribution in [0.2, 0.25) is 0 Å². The first-order chi connectivity index (χ1) is 14.6. The number of hydrogen-bond acceptors (Lipinski definition) is 8. The van der Waals surface area contributed by atoms with Crippen LogP contribution >= 0.6 is 11.8 Å². The number of morpholine rings is 1. The summed E-state index contributed by atoms with van der Waals surface area (Å²) in [6, 6.07) is 0. The Balaban J connectivity index is 1.55. The number of nitrogens with zero attached hydrogens (tertiary/aromatic N) is 4. The lowest BCUT2D eigenvalue weighted by molar-refractivity contribution is -0.143. The fourth-order valence-corrected chi connectivity index (χ4v) is 4.73. The quantitative estimate of drug-likeness (QED) is 0.347. The highest BCUT2D eigenvalue weighted by atomic mass is 32.2. The van der Waals surface area contributed by atoms with Crippen LogP contribution in [0.25, 0.3) is 0 Å². The van der Waals surface area contributed by atoms with Crippen LogP contribution in [0.4, 0.5) is 0 Å². The van der Waals surface area contributed by atoms with Gasteiger partial charge < -0.3 is 14.4 Å². The molecule has 2 fully saturated rings. The molecular weight excluding hydrogens is 404 g/mol. The van der Waals surface area contributed by atoms with Gasteiger partial charge in [0.2, 0.25) is 5.91 Å². The van der Waals surface area contributed by atoms with Crippen molar-refractivity contribution in [2.75, 3.05) is 58.8 Å². The molecule has 0 aromatic carbocycles. The average molecular weight is 437 g/mol. The molecule has 1 amide bonds. The van der Waals surface area contributed by atoms with Crippen molar-refractivity contribution in [2.45, 2.75) is 43.7 Å². The SMILES string of the molecule is COC(=O)CCC(=O)N1CCC[C@H](c2nc(SCCN3CCOCC3)ncc2C)C1. The lowest BCUT2D eigenvalue weighted by Crippen LogP contribution is -2.39. The van der Waals surface area contributed by atoms with Crippen LogP contribution in [0.1, 0.15) is 42.9 Å². The summed E-state index contributed by atoms with van der Waals surface area (Å²) >= 11 is 1.69. The number of amides is 1. The van der Waals surface area contributed by atoms with Gasteiger partial charge in [-0.25, -0.2) is 9.97 Å². The Morgan fingerprint density at radius 3 is 2.83 bits per heavy atom. The van der Waals surface area contributed by atoms with E-state index in [9.17, 15) is 9.59 Å². The molecule has 0 saturated carbocycles. The number of carbonyl (C=O) groups excluding carboxylic acids is 2. The maximum absolute atomic E-state index is 12.5. The normalized spacial score (nSPS) is 20.2. The molecule has 0 aliphatic carbocycles. The third-order valence-corrected chi connectivity index (χ3v) is 6.50. The number of rotatable bonds is 8. The third-order valence-electron chi connectivity index (χ3n) is 5.66. The minimum Gasteiger partial charge on any atom is -0.469 e. The smallest absolute Gasteiger partial charge is 0.306 e. The largest absolute Gasteiger partial charge is 0.469 e. The molecule has 0 unspecified atom stereocenters. The molecule has 30 heavy (non-hydrogen) atoms. The minimum absolute atomic E-state index is 0.0110. The Morgan fingerprint density at radius 2 is 2.07 bits per heavy atom. The van der Waals surface area contributed by atoms with E-state index in [0.717, 1.165) is 74.4 Å². The number of aromatic nitrogens is 2. The lowest BCUT2D eigenvalue weighted by atomic mass is 9.92. The van der Waals surface area contributed by atoms with Crippen LogP contribution in [0.5, 0.6) is 0 Å². The molecule has 3 heterocycles. The van der Waals surface area contributed by atoms with Crippen molar-refractivity contribution in [1.82, 2.24) is 19.8 Å². The summed E-state index contributed by atoms with van der Waals surface area (Å²) in [6.45, 7) is 8.03. The first kappa shape index (κ1) is 23.0. The Bertz CT molecular complexity index is 727. The number of thioether (sulfide) groups is 1. The van der Waals surface area contributed by atoms with E-state index in [1.807, 2.05) is 18.0 Å². The molecule has 1 aromatic rings. The van der Waals surface area contributed by atoms with Gasteiger partial charge in [-0.05, 0) is 25.3 Å². The van der Waals surface area contributed by atoms with Crippen LogP contribution in [0.15, 0.2) is 11.4 Å². The highest BCUT2D eigenvalue weighted by Gasteiger charge is 2.27. The fourth-order valence-electron chi connectivity index (χ4n) is 3.91. The average Bonchev–Trinajstić information content (AvgIpc) is 2.79. The van der Waals surface area contributed by atoms with Gasteiger partial charge in [0, 0.05) is 57.0 Å². The summed E-state index contributed by atoms with van der Waals surface area (Å²) < 4.78 is 10.0. The first-order valence-corrected chi connectivity index (χ1v) is 11.7. The van der Waals surface area contributed by atoms with Gasteiger partial charge in [-0.1, -0.05) is 11.8 Å². The Kier molecular flexibility index (Phi) is 8.89. The van der Waals surface area contributed by atoms with Crippen molar-refractivity contribution in [3.8, 4) is 0 Å². The Hall–Kier alpha value is -1.71. The predicted octanol–water partition coefficient (Wildman–Crippen LogP) is 1.87. The molecule has 0 spiro atoms. The number of piperidine rings is 1. The van der Waals surface area contributed by atoms with Gasteiger partial charge in [0.1, 0.15) is 0 Å². The molecule has 2 aliphatic heterocycles. The van der Waals surface area contributed by atoms with Crippen LogP contribution in [0, 0.1) is 6.92 Å². The molecular formula is C21H32N4O4S. The van der Waals surface area contributed by atoms with E-state index >= 15 is 0 Å². The first-order valence-electron chi connectivity index (χ1n) is 10.7. The third kappa shape index (κ3) is 6.65. The highest BCUT2D eigenvalue weighted by molar-refractivity contribution is 7.99. The molecule has 1 aromatic heterocycles. The summed E-state index contributed by atoms with van der Waals surface area (Å²) in [5, 5.41) is 0.804. The van der Waals surface area contributed by atoms with Crippen molar-refractivity contribution in [2.24, 2.45) is 0 Å². The van der Waals surface area contributed by atoms with Crippen LogP contribution in [-0.2, 0) is 19.1 Å². The minimum atomic E-state index is -0.345. The number of ether oxygens (including phenoxy) is 2. The second-order valence-electron chi connectivity index (χ2n) is 7.78. The lowest BCUT2D eigenvalue weighted by Gasteiger charge is -2.33. The van der Waals surface area contributed by atoms with E-state index in [-0.39, 0.29) is 30.6 Å². The van der Waals surface area contributed by atoms with Crippen LogP contribution < -0.4 is 0 Å². The van der Waals surface area contributed by atoms with Gasteiger partial charge in [-0.15, -0.1) is 0 Å². The molecule has 8 nitrogen and oxygen atoms in total. The highest BCUT2D eigenvalue weighted by Crippen LogP contribution is 2.29. The number of likely N-dealkylation sites (tertiary alicyclic amines) is 1. The van der Waals surface area contributed by atoms with Crippen LogP contribution in [0.3, 0.4) is 0 Å². The van der Waals surface area contributed by atoms with E-state index in [2.05, 4.69) is 14.6 Å². The maximum Gasteiger partial charge on any atom is 0.306 e. The summed E-state index contributed by atoms with van der Waals surface area (Å²) in [6.07, 6.45) is 4.18. The van der Waals surface area contributed by atoms with Gasteiger partial charge in [0.05, 0.1) is 32.4 Å². The molecule has 3 rings (SSSR count). The van der Waals surface area contributed by atoms with Gasteiger partial charge in [0.25, 0.3) is 0 Å². The molecule has 0 bridgehead atoms. The monoisotopic (exact) mass is 436 g/mol. The molecule has 166 valence electrons. The number of aryl methyl sites for hydroxylation is 1. The molecule has 0 N–H and O–H groups in total. The predicted molar refractivity (Wildman–Crippen MR) is 115 cm³/mol. The number of carbonyl (C=O) groups is 2. The van der Waals surface area contributed by atoms with E-state index in [4.69, 9.17) is 9.72 Å². The molecule has 2 saturated heterocycles. The van der Waals surface area contributed by atoms with Crippen LogP contribution in [-0.4, -0.2) is 90.4 Å². The van der Waals surface area contributed by atoms with Gasteiger partial charge in [-0.2, -0.15) is 0 Å². The van der Waals surface area contributed by atoms with E-state index < -0.39 is 0 Å². The van der Waals surface area contributed by atoms with Crippen molar-refractivity contribution >= 4 is 23.6 Å². The topological polar surface area (TPSA) is 84.9 Å². The van der Waals surface area contributed by atoms with Gasteiger partial charge >= 0.3 is 5.97 Å². The van der Waals surface area contributed by atoms with Crippen molar-refractivity contribution in [3.05, 3.63) is 17.5 Å². The Morgan fingerprint density at radius 1 is 1.27 bits per heavy atom. The molecule has 1 atom stereocenters. The maximum atomic E-state index is 12.5. The van der Waals surface area contributed by atoms with Crippen molar-refractivity contribution in [1.29, 1.82) is 0 Å². The Labute approximate surface area is 182 Å². The number of esters is 1. The van der Waals surface area contributed by atoms with Crippen molar-refractivity contribution < 1.29 is 19.1 Å². The summed E-state index contributed by atoms with van der Waals surface area (Å²) in [5.74, 6) is 0.826. The zero-order valence-corrected chi connectivity index (χ0v) is 18.8. The molecule has 2 aliphatic rings. The standard InChI is InChI=1S/C21H32N4O4S/c1-16-14-22-21(30-13-10-24-8-11-29-12-9-24)23-20(16)17-4-3-7-25(15-17)18(26)5-6-19(27)28-2/h14,17H,3-13,15H2,1-2H3/t17-/m0/s1. The van der Waals surface area contributed by atoms with E-state index in [0.29, 0.717) is 6.54 Å². The van der Waals surface area contributed by atoms with E-state index in [1.165, 1.54) is 7.11 Å². The zero-order chi connectivity index (χ0) is 21.3. The van der Waals surface area contributed by atoms with Gasteiger partial charge in [-0.3, -0.25) is 14.5 Å².